The van der Waals surface area contributed by atoms with E-state index in [2.05, 4.69) is 20.6 Å². The fourth-order valence-electron chi connectivity index (χ4n) is 2.83. The van der Waals surface area contributed by atoms with Crippen molar-refractivity contribution in [3.63, 3.8) is 0 Å². The number of halogens is 2. The Morgan fingerprint density at radius 1 is 1.25 bits per heavy atom. The average molecular weight is 386 g/mol. The summed E-state index contributed by atoms with van der Waals surface area (Å²) in [6.07, 6.45) is 0. The van der Waals surface area contributed by atoms with E-state index in [0.717, 1.165) is 6.07 Å². The summed E-state index contributed by atoms with van der Waals surface area (Å²) in [4.78, 5) is 42.4. The summed E-state index contributed by atoms with van der Waals surface area (Å²) in [5.74, 6) is -4.35. The van der Waals surface area contributed by atoms with Gasteiger partial charge < -0.3 is 20.4 Å². The van der Waals surface area contributed by atoms with Crippen LogP contribution in [0.5, 0.6) is 5.75 Å². The van der Waals surface area contributed by atoms with Crippen molar-refractivity contribution in [2.75, 3.05) is 11.9 Å². The predicted octanol–water partition coefficient (Wildman–Crippen LogP) is 1.46. The fraction of sp³-hybridized carbons (Fsp3) is 0.111. The lowest BCUT2D eigenvalue weighted by Crippen LogP contribution is -2.30. The lowest BCUT2D eigenvalue weighted by molar-refractivity contribution is -0.118. The number of hydrogen-bond acceptors (Lipinski definition) is 5. The van der Waals surface area contributed by atoms with Crippen LogP contribution in [0.15, 0.2) is 35.1 Å². The predicted molar refractivity (Wildman–Crippen MR) is 94.0 cm³/mol. The van der Waals surface area contributed by atoms with Crippen LogP contribution in [0, 0.1) is 11.6 Å². The number of carbonyl (C=O) groups is 2. The molecule has 1 aliphatic rings. The minimum atomic E-state index is -1.23. The third kappa shape index (κ3) is 3.04. The molecule has 1 aliphatic heterocycles. The van der Waals surface area contributed by atoms with Crippen LogP contribution in [0.3, 0.4) is 0 Å². The Hall–Kier alpha value is -3.82. The first kappa shape index (κ1) is 17.6. The minimum Gasteiger partial charge on any atom is -0.478 e. The lowest BCUT2D eigenvalue weighted by atomic mass is 10.1. The van der Waals surface area contributed by atoms with Crippen LogP contribution in [-0.4, -0.2) is 28.4 Å². The van der Waals surface area contributed by atoms with Gasteiger partial charge in [-0.2, -0.15) is 4.39 Å². The van der Waals surface area contributed by atoms with E-state index in [1.54, 1.807) is 24.3 Å². The summed E-state index contributed by atoms with van der Waals surface area (Å²) in [7, 11) is 0. The summed E-state index contributed by atoms with van der Waals surface area (Å²) < 4.78 is 32.6. The molecule has 2 amide bonds. The number of H-pyrrole nitrogens is 1. The molecule has 0 atom stereocenters. The Morgan fingerprint density at radius 3 is 2.86 bits per heavy atom. The Morgan fingerprint density at radius 2 is 2.04 bits per heavy atom. The van der Waals surface area contributed by atoms with Gasteiger partial charge in [0.25, 0.3) is 17.4 Å². The number of carbonyl (C=O) groups excluding carboxylic acids is 2. The number of fused-ring (bicyclic) bond motifs is 2. The first-order valence-electron chi connectivity index (χ1n) is 8.15. The number of nitrogens with zero attached hydrogens (tertiary/aromatic N) is 1. The molecule has 2 heterocycles. The SMILES string of the molecule is O=C1COc2c(F)c(F)cc(CNC(=O)c3nc4ccccc4c(=O)[nH]3)c2N1. The highest BCUT2D eigenvalue weighted by molar-refractivity contribution is 5.97. The largest absolute Gasteiger partial charge is 0.478 e. The van der Waals surface area contributed by atoms with Gasteiger partial charge in [-0.25, -0.2) is 9.37 Å². The van der Waals surface area contributed by atoms with E-state index < -0.39 is 41.4 Å². The summed E-state index contributed by atoms with van der Waals surface area (Å²) in [5.41, 5.74) is -0.113. The summed E-state index contributed by atoms with van der Waals surface area (Å²) >= 11 is 0. The monoisotopic (exact) mass is 386 g/mol. The second-order valence-electron chi connectivity index (χ2n) is 5.99. The third-order valence-electron chi connectivity index (χ3n) is 4.14. The maximum absolute atomic E-state index is 13.9. The van der Waals surface area contributed by atoms with Crippen molar-refractivity contribution in [3.05, 3.63) is 63.7 Å². The molecule has 8 nitrogen and oxygen atoms in total. The van der Waals surface area contributed by atoms with Gasteiger partial charge >= 0.3 is 0 Å². The summed E-state index contributed by atoms with van der Waals surface area (Å²) in [6.45, 7) is -0.708. The van der Waals surface area contributed by atoms with Gasteiger partial charge in [-0.3, -0.25) is 14.4 Å². The van der Waals surface area contributed by atoms with Crippen LogP contribution in [0.2, 0.25) is 0 Å². The average Bonchev–Trinajstić information content (AvgIpc) is 2.69. The topological polar surface area (TPSA) is 113 Å². The second kappa shape index (κ2) is 6.72. The molecule has 0 spiro atoms. The number of benzene rings is 2. The first-order valence-corrected chi connectivity index (χ1v) is 8.15. The number of aromatic amines is 1. The summed E-state index contributed by atoms with van der Waals surface area (Å²) in [5, 5.41) is 5.18. The van der Waals surface area contributed by atoms with Crippen LogP contribution in [0.1, 0.15) is 16.2 Å². The normalized spacial score (nSPS) is 12.9. The Balaban J connectivity index is 1.62. The van der Waals surface area contributed by atoms with Crippen molar-refractivity contribution in [1.82, 2.24) is 15.3 Å². The van der Waals surface area contributed by atoms with Gasteiger partial charge in [0.05, 0.1) is 16.6 Å². The molecule has 0 saturated heterocycles. The molecule has 3 N–H and O–H groups in total. The molecule has 1 aromatic heterocycles. The molecule has 0 radical (unpaired) electrons. The number of hydrogen-bond donors (Lipinski definition) is 3. The zero-order chi connectivity index (χ0) is 19.8. The van der Waals surface area contributed by atoms with E-state index in [-0.39, 0.29) is 23.6 Å². The lowest BCUT2D eigenvalue weighted by Gasteiger charge is -2.21. The van der Waals surface area contributed by atoms with Crippen molar-refractivity contribution >= 4 is 28.4 Å². The molecule has 4 rings (SSSR count). The highest BCUT2D eigenvalue weighted by atomic mass is 19.2. The molecular formula is C18H12F2N4O4. The Labute approximate surface area is 155 Å². The molecule has 3 aromatic rings. The number of anilines is 1. The maximum atomic E-state index is 13.9. The van der Waals surface area contributed by atoms with Crippen LogP contribution < -0.4 is 20.9 Å². The Bertz CT molecular complexity index is 1190. The van der Waals surface area contributed by atoms with E-state index in [1.165, 1.54) is 0 Å². The van der Waals surface area contributed by atoms with Crippen molar-refractivity contribution in [1.29, 1.82) is 0 Å². The van der Waals surface area contributed by atoms with Gasteiger partial charge in [0.2, 0.25) is 5.82 Å². The molecule has 10 heteroatoms. The Kier molecular flexibility index (Phi) is 4.22. The van der Waals surface area contributed by atoms with E-state index >= 15 is 0 Å². The zero-order valence-electron chi connectivity index (χ0n) is 14.1. The number of ether oxygens (including phenoxy) is 1. The fourth-order valence-corrected chi connectivity index (χ4v) is 2.83. The molecule has 0 bridgehead atoms. The van der Waals surface area contributed by atoms with Gasteiger partial charge in [-0.1, -0.05) is 12.1 Å². The van der Waals surface area contributed by atoms with Gasteiger partial charge in [0.1, 0.15) is 0 Å². The smallest absolute Gasteiger partial charge is 0.287 e. The van der Waals surface area contributed by atoms with Gasteiger partial charge in [-0.15, -0.1) is 0 Å². The summed E-state index contributed by atoms with van der Waals surface area (Å²) in [6, 6.07) is 7.34. The highest BCUT2D eigenvalue weighted by Gasteiger charge is 2.26. The van der Waals surface area contributed by atoms with Crippen LogP contribution >= 0.6 is 0 Å². The third-order valence-corrected chi connectivity index (χ3v) is 4.14. The molecule has 0 fully saturated rings. The highest BCUT2D eigenvalue weighted by Crippen LogP contribution is 2.35. The molecule has 0 unspecified atom stereocenters. The van der Waals surface area contributed by atoms with Gasteiger partial charge in [0, 0.05) is 12.1 Å². The van der Waals surface area contributed by atoms with Crippen molar-refractivity contribution < 1.29 is 23.1 Å². The van der Waals surface area contributed by atoms with Crippen molar-refractivity contribution in [2.24, 2.45) is 0 Å². The van der Waals surface area contributed by atoms with Crippen LogP contribution in [0.4, 0.5) is 14.5 Å². The molecule has 0 saturated carbocycles. The molecule has 142 valence electrons. The van der Waals surface area contributed by atoms with Crippen LogP contribution in [-0.2, 0) is 11.3 Å². The van der Waals surface area contributed by atoms with E-state index in [9.17, 15) is 23.2 Å². The van der Waals surface area contributed by atoms with E-state index in [1.807, 2.05) is 0 Å². The van der Waals surface area contributed by atoms with E-state index in [4.69, 9.17) is 4.74 Å². The van der Waals surface area contributed by atoms with Crippen molar-refractivity contribution in [2.45, 2.75) is 6.54 Å². The number of rotatable bonds is 3. The molecular weight excluding hydrogens is 374 g/mol. The minimum absolute atomic E-state index is 0.0598. The standard InChI is InChI=1S/C18H12F2N4O4/c19-10-5-8(14-15(13(10)20)28-7-12(25)23-14)6-21-18(27)16-22-11-4-2-1-3-9(11)17(26)24-16/h1-5H,6-7H2,(H,21,27)(H,23,25)(H,22,24,26). The number of amides is 2. The molecule has 28 heavy (non-hydrogen) atoms. The van der Waals surface area contributed by atoms with Crippen molar-refractivity contribution in [3.8, 4) is 5.75 Å². The van der Waals surface area contributed by atoms with Gasteiger partial charge in [-0.05, 0) is 18.2 Å². The number of aromatic nitrogens is 2. The van der Waals surface area contributed by atoms with Gasteiger partial charge in [0.15, 0.2) is 24.0 Å². The first-order chi connectivity index (χ1) is 13.4. The number of para-hydroxylation sites is 1. The second-order valence-corrected chi connectivity index (χ2v) is 5.99. The maximum Gasteiger partial charge on any atom is 0.287 e. The van der Waals surface area contributed by atoms with Crippen LogP contribution in [0.25, 0.3) is 10.9 Å². The van der Waals surface area contributed by atoms with E-state index in [0.29, 0.717) is 10.9 Å². The quantitative estimate of drug-likeness (QED) is 0.631. The molecule has 2 aromatic carbocycles. The molecule has 0 aliphatic carbocycles. The number of nitrogens with one attached hydrogen (secondary N) is 3. The zero-order valence-corrected chi connectivity index (χ0v) is 14.1.